The van der Waals surface area contributed by atoms with Crippen LogP contribution in [0.5, 0.6) is 11.5 Å². The number of nitrogens with zero attached hydrogens (tertiary/aromatic N) is 12. The average Bonchev–Trinajstić information content (AvgIpc) is 4.11. The van der Waals surface area contributed by atoms with E-state index in [9.17, 15) is 8.78 Å². The van der Waals surface area contributed by atoms with Gasteiger partial charge in [0.1, 0.15) is 47.4 Å². The monoisotopic (exact) mass is 938 g/mol. The average molecular weight is 940 g/mol. The molecule has 2 unspecified atom stereocenters. The van der Waals surface area contributed by atoms with Gasteiger partial charge in [-0.2, -0.15) is 9.97 Å². The van der Waals surface area contributed by atoms with Gasteiger partial charge >= 0.3 is 0 Å². The van der Waals surface area contributed by atoms with Crippen LogP contribution >= 0.6 is 23.2 Å². The summed E-state index contributed by atoms with van der Waals surface area (Å²) in [6, 6.07) is 13.2. The summed E-state index contributed by atoms with van der Waals surface area (Å²) in [4.78, 5) is 31.6. The van der Waals surface area contributed by atoms with E-state index in [1.165, 1.54) is 49.9 Å². The molecule has 2 aromatic carbocycles. The Kier molecular flexibility index (Phi) is 11.5. The molecule has 6 aromatic rings. The van der Waals surface area contributed by atoms with Crippen LogP contribution in [-0.4, -0.2) is 87.7 Å². The van der Waals surface area contributed by atoms with E-state index in [1.54, 1.807) is 24.8 Å². The van der Waals surface area contributed by atoms with E-state index in [0.29, 0.717) is 69.2 Å². The van der Waals surface area contributed by atoms with E-state index >= 15 is 0 Å². The van der Waals surface area contributed by atoms with Crippen LogP contribution in [0.25, 0.3) is 0 Å². The molecule has 8 atom stereocenters. The number of anilines is 4. The van der Waals surface area contributed by atoms with Crippen LogP contribution < -0.4 is 29.9 Å². The molecule has 2 saturated heterocycles. The largest absolute Gasteiger partial charge is 0.482 e. The van der Waals surface area contributed by atoms with Crippen LogP contribution in [0.1, 0.15) is 73.8 Å². The molecule has 0 radical (unpaired) electrons. The van der Waals surface area contributed by atoms with E-state index in [1.807, 2.05) is 23.2 Å². The van der Waals surface area contributed by atoms with Gasteiger partial charge in [-0.3, -0.25) is 0 Å². The standard InChI is InChI=1S/2C23H25ClFN7O/c2*1-13-6-20(27-12-26-13)31-10-14-2-3-15(11-31)21(14)28-23-29-22-19(4-5-32(22)30-23)33-18-8-16(24)7-17(25)9-18/h2*6-9,12,14-15,19,21H,2-5,10-11H2,1H3,(H,28,30)/t2*14-,15+,19-,21?/m10/s1. The van der Waals surface area contributed by atoms with Crippen molar-refractivity contribution in [2.45, 2.75) is 89.8 Å². The van der Waals surface area contributed by atoms with Gasteiger partial charge in [0.2, 0.25) is 11.9 Å². The minimum absolute atomic E-state index is 0.273. The number of hydrogen-bond acceptors (Lipinski definition) is 14. The Morgan fingerprint density at radius 1 is 0.545 bits per heavy atom. The minimum atomic E-state index is -0.418. The summed E-state index contributed by atoms with van der Waals surface area (Å²) in [6.07, 6.45) is 8.96. The molecule has 2 N–H and O–H groups in total. The Morgan fingerprint density at radius 3 is 1.33 bits per heavy atom. The number of aromatic nitrogens is 10. The van der Waals surface area contributed by atoms with Crippen LogP contribution in [-0.2, 0) is 13.1 Å². The molecule has 2 saturated carbocycles. The molecule has 4 fully saturated rings. The topological polar surface area (TPSA) is 162 Å². The summed E-state index contributed by atoms with van der Waals surface area (Å²) in [5, 5.41) is 17.2. The third-order valence-electron chi connectivity index (χ3n) is 13.9. The molecule has 344 valence electrons. The van der Waals surface area contributed by atoms with Crippen molar-refractivity contribution in [2.24, 2.45) is 23.7 Å². The second-order valence-electron chi connectivity index (χ2n) is 18.4. The summed E-state index contributed by atoms with van der Waals surface area (Å²) >= 11 is 11.9. The normalized spacial score (nSPS) is 25.8. The maximum absolute atomic E-state index is 13.7. The first kappa shape index (κ1) is 42.7. The molecule has 4 aliphatic heterocycles. The molecular weight excluding hydrogens is 890 g/mol. The third-order valence-corrected chi connectivity index (χ3v) is 14.3. The SMILES string of the molecule is Cc1cc(N2C[C@H]3CC[C@@H](C2)C3Nc2nc3n(n2)CC[C@@H]3Oc2cc(F)cc(Cl)c2)ncn1.Cc1cc(N2C[C@H]3CC[C@@H](C2)C3Nc2nc3n(n2)CC[C@H]3Oc2cc(F)cc(Cl)c2)ncn1. The molecule has 2 aliphatic carbocycles. The molecule has 0 amide bonds. The van der Waals surface area contributed by atoms with Gasteiger partial charge in [0.25, 0.3) is 0 Å². The maximum atomic E-state index is 13.7. The second-order valence-corrected chi connectivity index (χ2v) is 19.3. The predicted molar refractivity (Wildman–Crippen MR) is 244 cm³/mol. The molecule has 0 spiro atoms. The van der Waals surface area contributed by atoms with Crippen molar-refractivity contribution >= 4 is 46.7 Å². The van der Waals surface area contributed by atoms with Crippen molar-refractivity contribution in [2.75, 3.05) is 46.6 Å². The van der Waals surface area contributed by atoms with Crippen molar-refractivity contribution in [3.05, 3.63) is 106 Å². The smallest absolute Gasteiger partial charge is 0.242 e. The fourth-order valence-electron chi connectivity index (χ4n) is 10.9. The van der Waals surface area contributed by atoms with Crippen LogP contribution in [0.15, 0.2) is 61.2 Å². The van der Waals surface area contributed by atoms with E-state index < -0.39 is 11.6 Å². The van der Waals surface area contributed by atoms with Crippen molar-refractivity contribution < 1.29 is 18.3 Å². The summed E-state index contributed by atoms with van der Waals surface area (Å²) in [5.41, 5.74) is 1.98. The van der Waals surface area contributed by atoms with Gasteiger partial charge in [-0.15, -0.1) is 10.2 Å². The number of aryl methyl sites for hydroxylation is 4. The summed E-state index contributed by atoms with van der Waals surface area (Å²) in [5.74, 6) is 6.85. The zero-order valence-electron chi connectivity index (χ0n) is 36.6. The highest BCUT2D eigenvalue weighted by Crippen LogP contribution is 2.42. The highest BCUT2D eigenvalue weighted by molar-refractivity contribution is 6.31. The third kappa shape index (κ3) is 8.88. The summed E-state index contributed by atoms with van der Waals surface area (Å²) < 4.78 is 43.1. The van der Waals surface area contributed by atoms with Gasteiger partial charge in [0.05, 0.1) is 0 Å². The van der Waals surface area contributed by atoms with Gasteiger partial charge in [-0.25, -0.2) is 38.1 Å². The fraction of sp³-hybridized carbons (Fsp3) is 0.478. The number of benzene rings is 2. The molecular formula is C46H50Cl2F2N14O2. The quantitative estimate of drug-likeness (QED) is 0.136. The molecule has 12 rings (SSSR count). The Bertz CT molecular complexity index is 2490. The Labute approximate surface area is 390 Å². The Hall–Kier alpha value is -5.88. The molecule has 8 heterocycles. The van der Waals surface area contributed by atoms with Crippen molar-refractivity contribution in [3.8, 4) is 11.5 Å². The number of ether oxygens (including phenoxy) is 2. The van der Waals surface area contributed by atoms with Crippen LogP contribution in [0.4, 0.5) is 32.3 Å². The second kappa shape index (κ2) is 17.7. The number of piperidine rings is 2. The van der Waals surface area contributed by atoms with E-state index in [0.717, 1.165) is 86.8 Å². The number of rotatable bonds is 10. The molecule has 20 heteroatoms. The fourth-order valence-corrected chi connectivity index (χ4v) is 11.4. The lowest BCUT2D eigenvalue weighted by molar-refractivity contribution is 0.202. The van der Waals surface area contributed by atoms with Crippen molar-refractivity contribution in [3.63, 3.8) is 0 Å². The summed E-state index contributed by atoms with van der Waals surface area (Å²) in [6.45, 7) is 9.28. The molecule has 66 heavy (non-hydrogen) atoms. The van der Waals surface area contributed by atoms with Crippen LogP contribution in [0.2, 0.25) is 10.0 Å². The van der Waals surface area contributed by atoms with Crippen LogP contribution in [0.3, 0.4) is 0 Å². The first-order chi connectivity index (χ1) is 32.0. The van der Waals surface area contributed by atoms with Gasteiger partial charge in [0.15, 0.2) is 23.9 Å². The Balaban J connectivity index is 0.000000146. The molecule has 16 nitrogen and oxygen atoms in total. The number of nitrogens with one attached hydrogen (secondary N) is 2. The first-order valence-electron chi connectivity index (χ1n) is 22.8. The lowest BCUT2D eigenvalue weighted by Crippen LogP contribution is -2.48. The van der Waals surface area contributed by atoms with E-state index in [2.05, 4.69) is 62.7 Å². The first-order valence-corrected chi connectivity index (χ1v) is 23.5. The van der Waals surface area contributed by atoms with Gasteiger partial charge in [0, 0.05) is 110 Å². The summed E-state index contributed by atoms with van der Waals surface area (Å²) in [7, 11) is 0. The van der Waals surface area contributed by atoms with Gasteiger partial charge in [-0.05, 0) is 87.5 Å². The molecule has 6 aliphatic rings. The van der Waals surface area contributed by atoms with Crippen molar-refractivity contribution in [1.29, 1.82) is 0 Å². The minimum Gasteiger partial charge on any atom is -0.482 e. The van der Waals surface area contributed by atoms with E-state index in [4.69, 9.17) is 42.6 Å². The zero-order chi connectivity index (χ0) is 45.1. The lowest BCUT2D eigenvalue weighted by Gasteiger charge is -2.38. The highest BCUT2D eigenvalue weighted by Gasteiger charge is 2.45. The maximum Gasteiger partial charge on any atom is 0.242 e. The highest BCUT2D eigenvalue weighted by atomic mass is 35.5. The Morgan fingerprint density at radius 2 is 0.955 bits per heavy atom. The van der Waals surface area contributed by atoms with Gasteiger partial charge in [-0.1, -0.05) is 23.2 Å². The number of halogens is 4. The number of hydrogen-bond donors (Lipinski definition) is 2. The van der Waals surface area contributed by atoms with Gasteiger partial charge < -0.3 is 29.9 Å². The number of fused-ring (bicyclic) bond motifs is 6. The zero-order valence-corrected chi connectivity index (χ0v) is 38.1. The van der Waals surface area contributed by atoms with Crippen LogP contribution in [0, 0.1) is 49.2 Å². The lowest BCUT2D eigenvalue weighted by atomic mass is 9.92. The molecule has 4 bridgehead atoms. The molecule has 4 aromatic heterocycles. The van der Waals surface area contributed by atoms with Crippen molar-refractivity contribution in [1.82, 2.24) is 49.5 Å². The van der Waals surface area contributed by atoms with E-state index in [-0.39, 0.29) is 12.2 Å². The predicted octanol–water partition coefficient (Wildman–Crippen LogP) is 8.04.